The second-order valence-electron chi connectivity index (χ2n) is 6.30. The molecule has 0 saturated heterocycles. The Bertz CT molecular complexity index is 415. The van der Waals surface area contributed by atoms with Gasteiger partial charge in [-0.05, 0) is 11.8 Å². The molecule has 1 N–H and O–H groups in total. The van der Waals surface area contributed by atoms with Gasteiger partial charge in [-0.15, -0.1) is 0 Å². The minimum Gasteiger partial charge on any atom is -0.377 e. The fourth-order valence-electron chi connectivity index (χ4n) is 2.01. The van der Waals surface area contributed by atoms with Crippen molar-refractivity contribution in [3.8, 4) is 0 Å². The standard InChI is InChI=1S/C15H28N4O/c1-7-8-16-12-9-14(18-13(17-12)10-20-6)19(5)11-15(2,3)4/h9H,7-8,10-11H2,1-6H3,(H,16,17,18). The lowest BCUT2D eigenvalue weighted by Crippen LogP contribution is -2.30. The van der Waals surface area contributed by atoms with E-state index in [0.717, 1.165) is 31.1 Å². The highest BCUT2D eigenvalue weighted by molar-refractivity contribution is 5.49. The normalized spacial score (nSPS) is 11.5. The smallest absolute Gasteiger partial charge is 0.158 e. The van der Waals surface area contributed by atoms with Crippen LogP contribution >= 0.6 is 0 Å². The van der Waals surface area contributed by atoms with Gasteiger partial charge >= 0.3 is 0 Å². The number of hydrogen-bond acceptors (Lipinski definition) is 5. The molecule has 0 fully saturated rings. The number of nitrogens with one attached hydrogen (secondary N) is 1. The van der Waals surface area contributed by atoms with Crippen molar-refractivity contribution in [2.75, 3.05) is 37.5 Å². The van der Waals surface area contributed by atoms with E-state index in [0.29, 0.717) is 12.4 Å². The molecule has 0 atom stereocenters. The first-order valence-corrected chi connectivity index (χ1v) is 7.17. The number of nitrogens with zero attached hydrogens (tertiary/aromatic N) is 3. The number of rotatable bonds is 7. The summed E-state index contributed by atoms with van der Waals surface area (Å²) < 4.78 is 5.15. The lowest BCUT2D eigenvalue weighted by Gasteiger charge is -2.27. The van der Waals surface area contributed by atoms with E-state index in [-0.39, 0.29) is 5.41 Å². The van der Waals surface area contributed by atoms with Crippen LogP contribution in [0.15, 0.2) is 6.07 Å². The third kappa shape index (κ3) is 5.74. The zero-order valence-corrected chi connectivity index (χ0v) is 13.7. The van der Waals surface area contributed by atoms with Crippen LogP contribution in [0.2, 0.25) is 0 Å². The van der Waals surface area contributed by atoms with E-state index in [1.54, 1.807) is 7.11 Å². The van der Waals surface area contributed by atoms with Crippen molar-refractivity contribution in [3.05, 3.63) is 11.9 Å². The fraction of sp³-hybridized carbons (Fsp3) is 0.733. The molecule has 1 aromatic heterocycles. The summed E-state index contributed by atoms with van der Waals surface area (Å²) in [4.78, 5) is 11.2. The summed E-state index contributed by atoms with van der Waals surface area (Å²) >= 11 is 0. The van der Waals surface area contributed by atoms with Gasteiger partial charge in [-0.25, -0.2) is 9.97 Å². The molecule has 0 bridgehead atoms. The lowest BCUT2D eigenvalue weighted by atomic mass is 9.96. The molecule has 0 aliphatic heterocycles. The molecule has 0 radical (unpaired) electrons. The Morgan fingerprint density at radius 2 is 2.00 bits per heavy atom. The highest BCUT2D eigenvalue weighted by Crippen LogP contribution is 2.21. The Hall–Kier alpha value is -1.36. The van der Waals surface area contributed by atoms with Crippen molar-refractivity contribution in [3.63, 3.8) is 0 Å². The third-order valence-corrected chi connectivity index (χ3v) is 2.69. The summed E-state index contributed by atoms with van der Waals surface area (Å²) in [5.74, 6) is 2.51. The third-order valence-electron chi connectivity index (χ3n) is 2.69. The first kappa shape index (κ1) is 16.7. The summed E-state index contributed by atoms with van der Waals surface area (Å²) in [5, 5.41) is 3.32. The van der Waals surface area contributed by atoms with Crippen LogP contribution in [0.4, 0.5) is 11.6 Å². The summed E-state index contributed by atoms with van der Waals surface area (Å²) in [6.07, 6.45) is 1.07. The van der Waals surface area contributed by atoms with Crippen molar-refractivity contribution < 1.29 is 4.74 Å². The Kier molecular flexibility index (Phi) is 6.20. The first-order chi connectivity index (χ1) is 9.35. The molecular formula is C15H28N4O. The van der Waals surface area contributed by atoms with Gasteiger partial charge in [-0.2, -0.15) is 0 Å². The minimum absolute atomic E-state index is 0.220. The van der Waals surface area contributed by atoms with Gasteiger partial charge in [-0.3, -0.25) is 0 Å². The molecule has 5 heteroatoms. The van der Waals surface area contributed by atoms with Crippen LogP contribution in [-0.2, 0) is 11.3 Å². The van der Waals surface area contributed by atoms with E-state index in [4.69, 9.17) is 4.74 Å². The molecule has 0 aliphatic rings. The van der Waals surface area contributed by atoms with Gasteiger partial charge in [0.25, 0.3) is 0 Å². The molecule has 0 spiro atoms. The molecule has 0 amide bonds. The Labute approximate surface area is 122 Å². The van der Waals surface area contributed by atoms with E-state index in [1.807, 2.05) is 6.07 Å². The van der Waals surface area contributed by atoms with Crippen LogP contribution in [-0.4, -0.2) is 37.2 Å². The van der Waals surface area contributed by atoms with Gasteiger partial charge in [0, 0.05) is 33.3 Å². The Balaban J connectivity index is 2.95. The molecule has 5 nitrogen and oxygen atoms in total. The van der Waals surface area contributed by atoms with Crippen molar-refractivity contribution in [1.29, 1.82) is 0 Å². The van der Waals surface area contributed by atoms with E-state index < -0.39 is 0 Å². The maximum absolute atomic E-state index is 5.15. The summed E-state index contributed by atoms with van der Waals surface area (Å²) in [6, 6.07) is 2.00. The number of ether oxygens (including phenoxy) is 1. The van der Waals surface area contributed by atoms with Crippen molar-refractivity contribution in [2.24, 2.45) is 5.41 Å². The second-order valence-corrected chi connectivity index (χ2v) is 6.30. The maximum atomic E-state index is 5.15. The molecule has 20 heavy (non-hydrogen) atoms. The lowest BCUT2D eigenvalue weighted by molar-refractivity contribution is 0.178. The highest BCUT2D eigenvalue weighted by Gasteiger charge is 2.16. The summed E-state index contributed by atoms with van der Waals surface area (Å²) in [7, 11) is 3.72. The molecule has 0 unspecified atom stereocenters. The second kappa shape index (κ2) is 7.43. The van der Waals surface area contributed by atoms with Gasteiger partial charge in [-0.1, -0.05) is 27.7 Å². The predicted molar refractivity (Wildman–Crippen MR) is 84.3 cm³/mol. The van der Waals surface area contributed by atoms with Gasteiger partial charge in [0.1, 0.15) is 18.2 Å². The van der Waals surface area contributed by atoms with Crippen LogP contribution < -0.4 is 10.2 Å². The topological polar surface area (TPSA) is 50.3 Å². The van der Waals surface area contributed by atoms with Gasteiger partial charge in [0.2, 0.25) is 0 Å². The number of hydrogen-bond donors (Lipinski definition) is 1. The molecule has 1 rings (SSSR count). The predicted octanol–water partition coefficient (Wildman–Crippen LogP) is 2.93. The van der Waals surface area contributed by atoms with Crippen molar-refractivity contribution in [1.82, 2.24) is 9.97 Å². The number of methoxy groups -OCH3 is 1. The van der Waals surface area contributed by atoms with E-state index in [1.165, 1.54) is 0 Å². The summed E-state index contributed by atoms with van der Waals surface area (Å²) in [5.41, 5.74) is 0.220. The molecule has 0 aromatic carbocycles. The van der Waals surface area contributed by atoms with Gasteiger partial charge < -0.3 is 15.0 Å². The van der Waals surface area contributed by atoms with Crippen LogP contribution in [0.25, 0.3) is 0 Å². The highest BCUT2D eigenvalue weighted by atomic mass is 16.5. The quantitative estimate of drug-likeness (QED) is 0.832. The molecule has 114 valence electrons. The van der Waals surface area contributed by atoms with Crippen LogP contribution in [0.3, 0.4) is 0 Å². The maximum Gasteiger partial charge on any atom is 0.158 e. The average Bonchev–Trinajstić information content (AvgIpc) is 2.34. The average molecular weight is 280 g/mol. The molecule has 1 heterocycles. The van der Waals surface area contributed by atoms with Crippen LogP contribution in [0.1, 0.15) is 39.9 Å². The van der Waals surface area contributed by atoms with Gasteiger partial charge in [0.05, 0.1) is 0 Å². The molecule has 0 saturated carbocycles. The molecule has 1 aromatic rings. The number of anilines is 2. The van der Waals surface area contributed by atoms with Crippen LogP contribution in [0, 0.1) is 5.41 Å². The first-order valence-electron chi connectivity index (χ1n) is 7.17. The largest absolute Gasteiger partial charge is 0.377 e. The van der Waals surface area contributed by atoms with E-state index >= 15 is 0 Å². The van der Waals surface area contributed by atoms with Crippen molar-refractivity contribution >= 4 is 11.6 Å². The zero-order valence-electron chi connectivity index (χ0n) is 13.7. The Morgan fingerprint density at radius 3 is 2.55 bits per heavy atom. The zero-order chi connectivity index (χ0) is 15.2. The number of aromatic nitrogens is 2. The van der Waals surface area contributed by atoms with Crippen molar-refractivity contribution in [2.45, 2.75) is 40.7 Å². The van der Waals surface area contributed by atoms with Crippen LogP contribution in [0.5, 0.6) is 0 Å². The fourth-order valence-corrected chi connectivity index (χ4v) is 2.01. The Morgan fingerprint density at radius 1 is 1.30 bits per heavy atom. The van der Waals surface area contributed by atoms with E-state index in [9.17, 15) is 0 Å². The SMILES string of the molecule is CCCNc1cc(N(C)CC(C)(C)C)nc(COC)n1. The molecular weight excluding hydrogens is 252 g/mol. The van der Waals surface area contributed by atoms with E-state index in [2.05, 4.69) is 54.9 Å². The van der Waals surface area contributed by atoms with Gasteiger partial charge in [0.15, 0.2) is 5.82 Å². The molecule has 0 aliphatic carbocycles. The monoisotopic (exact) mass is 280 g/mol. The summed E-state index contributed by atoms with van der Waals surface area (Å²) in [6.45, 7) is 11.1. The minimum atomic E-state index is 0.220.